The van der Waals surface area contributed by atoms with Crippen LogP contribution in [-0.4, -0.2) is 44.9 Å². The molecule has 0 atom stereocenters. The standard InChI is InChI=1S/C17H16N6O5S2/c1-27-15(26)9-4-2-3-5-10(9)19-13(25)7-30-17-23-22-14(28-17)8-29-16-20-11(18)6-12(24)21-16/h2-6H,7-8H2,1H3,(H,19,25)(H3,18,20,21,24). The van der Waals surface area contributed by atoms with Gasteiger partial charge >= 0.3 is 5.97 Å². The number of para-hydroxylation sites is 1. The van der Waals surface area contributed by atoms with Gasteiger partial charge in [-0.1, -0.05) is 35.7 Å². The first-order chi connectivity index (χ1) is 14.4. The van der Waals surface area contributed by atoms with Crippen molar-refractivity contribution in [2.24, 2.45) is 0 Å². The fourth-order valence-corrected chi connectivity index (χ4v) is 3.50. The Morgan fingerprint density at radius 3 is 2.83 bits per heavy atom. The zero-order valence-electron chi connectivity index (χ0n) is 15.6. The lowest BCUT2D eigenvalue weighted by atomic mass is 10.2. The molecule has 3 aromatic rings. The Kier molecular flexibility index (Phi) is 7.08. The van der Waals surface area contributed by atoms with E-state index in [2.05, 4.69) is 25.5 Å². The molecular weight excluding hydrogens is 432 g/mol. The van der Waals surface area contributed by atoms with E-state index in [0.717, 1.165) is 11.8 Å². The van der Waals surface area contributed by atoms with Crippen molar-refractivity contribution in [3.05, 3.63) is 52.1 Å². The van der Waals surface area contributed by atoms with Crippen LogP contribution in [0.3, 0.4) is 0 Å². The van der Waals surface area contributed by atoms with E-state index in [9.17, 15) is 14.4 Å². The summed E-state index contributed by atoms with van der Waals surface area (Å²) in [6, 6.07) is 7.70. The lowest BCUT2D eigenvalue weighted by molar-refractivity contribution is -0.113. The van der Waals surface area contributed by atoms with Crippen LogP contribution in [-0.2, 0) is 15.3 Å². The molecule has 2 aromatic heterocycles. The molecule has 0 aliphatic rings. The molecule has 2 heterocycles. The molecule has 0 unspecified atom stereocenters. The maximum atomic E-state index is 12.2. The number of anilines is 2. The minimum Gasteiger partial charge on any atom is -0.465 e. The van der Waals surface area contributed by atoms with Gasteiger partial charge in [-0.3, -0.25) is 9.59 Å². The van der Waals surface area contributed by atoms with E-state index in [-0.39, 0.29) is 39.6 Å². The van der Waals surface area contributed by atoms with Crippen LogP contribution >= 0.6 is 23.5 Å². The number of thioether (sulfide) groups is 2. The Balaban J connectivity index is 1.52. The molecule has 0 radical (unpaired) electrons. The number of amides is 1. The van der Waals surface area contributed by atoms with E-state index in [1.807, 2.05) is 0 Å². The van der Waals surface area contributed by atoms with Gasteiger partial charge in [0.15, 0.2) is 5.16 Å². The van der Waals surface area contributed by atoms with Crippen LogP contribution < -0.4 is 16.6 Å². The molecule has 4 N–H and O–H groups in total. The van der Waals surface area contributed by atoms with Crippen molar-refractivity contribution in [1.29, 1.82) is 0 Å². The van der Waals surface area contributed by atoms with Crippen LogP contribution in [0.25, 0.3) is 0 Å². The quantitative estimate of drug-likeness (QED) is 0.260. The summed E-state index contributed by atoms with van der Waals surface area (Å²) in [5, 5.41) is 10.9. The number of methoxy groups -OCH3 is 1. The highest BCUT2D eigenvalue weighted by molar-refractivity contribution is 7.99. The molecule has 0 bridgehead atoms. The monoisotopic (exact) mass is 448 g/mol. The van der Waals surface area contributed by atoms with Crippen molar-refractivity contribution in [2.75, 3.05) is 23.9 Å². The van der Waals surface area contributed by atoms with Crippen molar-refractivity contribution in [3.8, 4) is 0 Å². The third-order valence-electron chi connectivity index (χ3n) is 3.45. The third-order valence-corrected chi connectivity index (χ3v) is 5.13. The Hall–Kier alpha value is -3.32. The largest absolute Gasteiger partial charge is 0.465 e. The minimum atomic E-state index is -0.548. The lowest BCUT2D eigenvalue weighted by Crippen LogP contribution is -2.17. The summed E-state index contributed by atoms with van der Waals surface area (Å²) >= 11 is 2.22. The van der Waals surface area contributed by atoms with Crippen molar-refractivity contribution in [3.63, 3.8) is 0 Å². The second-order valence-electron chi connectivity index (χ2n) is 5.60. The van der Waals surface area contributed by atoms with Gasteiger partial charge in [0.2, 0.25) is 11.8 Å². The van der Waals surface area contributed by atoms with Gasteiger partial charge < -0.3 is 25.2 Å². The maximum Gasteiger partial charge on any atom is 0.339 e. The molecule has 0 saturated heterocycles. The number of esters is 1. The van der Waals surface area contributed by atoms with Gasteiger partial charge in [-0.2, -0.15) is 0 Å². The van der Waals surface area contributed by atoms with Gasteiger partial charge in [0.05, 0.1) is 29.9 Å². The van der Waals surface area contributed by atoms with E-state index in [4.69, 9.17) is 14.9 Å². The Morgan fingerprint density at radius 1 is 1.27 bits per heavy atom. The number of hydrogen-bond donors (Lipinski definition) is 3. The molecule has 30 heavy (non-hydrogen) atoms. The second kappa shape index (κ2) is 9.93. The molecule has 0 saturated carbocycles. The molecule has 11 nitrogen and oxygen atoms in total. The van der Waals surface area contributed by atoms with E-state index < -0.39 is 5.97 Å². The number of carbonyl (C=O) groups is 2. The Morgan fingerprint density at radius 2 is 2.07 bits per heavy atom. The van der Waals surface area contributed by atoms with Crippen molar-refractivity contribution < 1.29 is 18.7 Å². The highest BCUT2D eigenvalue weighted by Gasteiger charge is 2.15. The molecule has 1 aromatic carbocycles. The Labute approximate surface area is 178 Å². The molecular formula is C17H16N6O5S2. The van der Waals surface area contributed by atoms with Crippen LogP contribution in [0, 0.1) is 0 Å². The number of aromatic amines is 1. The predicted molar refractivity (Wildman–Crippen MR) is 110 cm³/mol. The van der Waals surface area contributed by atoms with Crippen LogP contribution in [0.5, 0.6) is 0 Å². The summed E-state index contributed by atoms with van der Waals surface area (Å²) in [4.78, 5) is 41.9. The first-order valence-corrected chi connectivity index (χ1v) is 10.3. The fraction of sp³-hybridized carbons (Fsp3) is 0.176. The number of nitrogens with two attached hydrogens (primary N) is 1. The average Bonchev–Trinajstić information content (AvgIpc) is 3.18. The highest BCUT2D eigenvalue weighted by atomic mass is 32.2. The molecule has 156 valence electrons. The van der Waals surface area contributed by atoms with E-state index in [0.29, 0.717) is 16.7 Å². The summed E-state index contributed by atoms with van der Waals surface area (Å²) in [5.41, 5.74) is 5.77. The van der Waals surface area contributed by atoms with Crippen LogP contribution in [0.15, 0.2) is 49.9 Å². The van der Waals surface area contributed by atoms with E-state index in [1.54, 1.807) is 24.3 Å². The molecule has 0 aliphatic heterocycles. The Bertz CT molecular complexity index is 1120. The van der Waals surface area contributed by atoms with Crippen molar-refractivity contribution in [1.82, 2.24) is 20.2 Å². The van der Waals surface area contributed by atoms with Gasteiger partial charge in [0, 0.05) is 6.07 Å². The van der Waals surface area contributed by atoms with Gasteiger partial charge in [-0.05, 0) is 12.1 Å². The van der Waals surface area contributed by atoms with E-state index >= 15 is 0 Å². The van der Waals surface area contributed by atoms with Gasteiger partial charge in [0.25, 0.3) is 10.8 Å². The highest BCUT2D eigenvalue weighted by Crippen LogP contribution is 2.22. The summed E-state index contributed by atoms with van der Waals surface area (Å²) in [6.45, 7) is 0. The van der Waals surface area contributed by atoms with Gasteiger partial charge in [-0.25, -0.2) is 9.78 Å². The number of nitrogens with one attached hydrogen (secondary N) is 2. The third kappa shape index (κ3) is 5.84. The topological polar surface area (TPSA) is 166 Å². The molecule has 1 amide bonds. The number of hydrogen-bond acceptors (Lipinski definition) is 11. The summed E-state index contributed by atoms with van der Waals surface area (Å²) in [6.07, 6.45) is 0. The minimum absolute atomic E-state index is 0.00558. The van der Waals surface area contributed by atoms with Crippen LogP contribution in [0.4, 0.5) is 11.5 Å². The number of nitrogens with zero attached hydrogens (tertiary/aromatic N) is 3. The maximum absolute atomic E-state index is 12.2. The normalized spacial score (nSPS) is 10.6. The number of rotatable bonds is 8. The predicted octanol–water partition coefficient (Wildman–Crippen LogP) is 1.54. The first kappa shape index (κ1) is 21.4. The smallest absolute Gasteiger partial charge is 0.339 e. The SMILES string of the molecule is COC(=O)c1ccccc1NC(=O)CSc1nnc(CSc2nc(N)cc(=O)[nH]2)o1. The molecule has 3 rings (SSSR count). The van der Waals surface area contributed by atoms with E-state index in [1.165, 1.54) is 24.9 Å². The van der Waals surface area contributed by atoms with Crippen molar-refractivity contribution >= 4 is 46.9 Å². The summed E-state index contributed by atoms with van der Waals surface area (Å²) in [5.74, 6) is -0.236. The number of ether oxygens (including phenoxy) is 1. The number of aromatic nitrogens is 4. The number of benzene rings is 1. The number of H-pyrrole nitrogens is 1. The molecule has 0 spiro atoms. The molecule has 13 heteroatoms. The zero-order valence-corrected chi connectivity index (χ0v) is 17.2. The van der Waals surface area contributed by atoms with Gasteiger partial charge in [0.1, 0.15) is 5.82 Å². The molecule has 0 fully saturated rings. The van der Waals surface area contributed by atoms with Crippen LogP contribution in [0.2, 0.25) is 0 Å². The summed E-state index contributed by atoms with van der Waals surface area (Å²) in [7, 11) is 1.27. The van der Waals surface area contributed by atoms with Crippen molar-refractivity contribution in [2.45, 2.75) is 16.1 Å². The number of carbonyl (C=O) groups excluding carboxylic acids is 2. The van der Waals surface area contributed by atoms with Gasteiger partial charge in [-0.15, -0.1) is 10.2 Å². The average molecular weight is 448 g/mol. The fourth-order valence-electron chi connectivity index (χ4n) is 2.20. The molecule has 0 aliphatic carbocycles. The first-order valence-electron chi connectivity index (χ1n) is 8.36. The van der Waals surface area contributed by atoms with Crippen LogP contribution in [0.1, 0.15) is 16.2 Å². The zero-order chi connectivity index (χ0) is 21.5. The number of nitrogen functional groups attached to an aromatic ring is 1. The second-order valence-corrected chi connectivity index (χ2v) is 7.49. The lowest BCUT2D eigenvalue weighted by Gasteiger charge is -2.08. The summed E-state index contributed by atoms with van der Waals surface area (Å²) < 4.78 is 10.2.